The predicted molar refractivity (Wildman–Crippen MR) is 129 cm³/mol. The van der Waals surface area contributed by atoms with Gasteiger partial charge in [-0.05, 0) is 42.5 Å². The Balaban J connectivity index is 1.78. The van der Waals surface area contributed by atoms with E-state index in [2.05, 4.69) is 5.10 Å². The number of halogens is 4. The lowest BCUT2D eigenvalue weighted by Crippen LogP contribution is -2.20. The standard InChI is InChI=1S/C26H22ClF3N2O2/c1-33-24-9-5-3-7-17(24)11-13-19-16-22(20-8-4-6-10-25(20)34-2)32(31-19)23-15-18(26(28,29)30)12-14-21(23)27/h3-15,22H,16H2,1-2H3. The first-order valence-corrected chi connectivity index (χ1v) is 10.9. The summed E-state index contributed by atoms with van der Waals surface area (Å²) in [5.41, 5.74) is 1.71. The number of hydrogen-bond donors (Lipinski definition) is 0. The summed E-state index contributed by atoms with van der Waals surface area (Å²) in [4.78, 5) is 0. The van der Waals surface area contributed by atoms with Crippen LogP contribution in [0.3, 0.4) is 0 Å². The highest BCUT2D eigenvalue weighted by molar-refractivity contribution is 6.33. The van der Waals surface area contributed by atoms with Crippen molar-refractivity contribution >= 4 is 29.1 Å². The van der Waals surface area contributed by atoms with Gasteiger partial charge in [0.25, 0.3) is 0 Å². The maximum atomic E-state index is 13.4. The lowest BCUT2D eigenvalue weighted by molar-refractivity contribution is -0.137. The number of alkyl halides is 3. The van der Waals surface area contributed by atoms with Crippen LogP contribution in [0.15, 0.2) is 77.9 Å². The summed E-state index contributed by atoms with van der Waals surface area (Å²) < 4.78 is 51.2. The number of allylic oxidation sites excluding steroid dienone is 1. The van der Waals surface area contributed by atoms with Crippen LogP contribution in [0.5, 0.6) is 11.5 Å². The summed E-state index contributed by atoms with van der Waals surface area (Å²) in [6.45, 7) is 0. The normalized spacial score (nSPS) is 16.1. The van der Waals surface area contributed by atoms with E-state index in [4.69, 9.17) is 21.1 Å². The molecule has 3 aromatic carbocycles. The number of rotatable bonds is 6. The van der Waals surface area contributed by atoms with Crippen LogP contribution < -0.4 is 14.5 Å². The number of anilines is 1. The van der Waals surface area contributed by atoms with Gasteiger partial charge < -0.3 is 9.47 Å². The Morgan fingerprint density at radius 1 is 0.941 bits per heavy atom. The Morgan fingerprint density at radius 3 is 2.32 bits per heavy atom. The molecule has 0 aromatic heterocycles. The third-order valence-corrected chi connectivity index (χ3v) is 5.87. The summed E-state index contributed by atoms with van der Waals surface area (Å²) in [5.74, 6) is 1.32. The molecule has 0 bridgehead atoms. The number of ether oxygens (including phenoxy) is 2. The molecule has 8 heteroatoms. The maximum Gasteiger partial charge on any atom is 0.416 e. The Morgan fingerprint density at radius 2 is 1.62 bits per heavy atom. The third-order valence-electron chi connectivity index (χ3n) is 5.55. The summed E-state index contributed by atoms with van der Waals surface area (Å²) >= 11 is 6.37. The number of para-hydroxylation sites is 2. The van der Waals surface area contributed by atoms with Crippen LogP contribution in [-0.4, -0.2) is 19.9 Å². The van der Waals surface area contributed by atoms with Gasteiger partial charge in [0.2, 0.25) is 0 Å². The van der Waals surface area contributed by atoms with Crippen LogP contribution in [0, 0.1) is 0 Å². The van der Waals surface area contributed by atoms with Gasteiger partial charge in [-0.2, -0.15) is 18.3 Å². The number of hydrogen-bond acceptors (Lipinski definition) is 4. The van der Waals surface area contributed by atoms with Crippen LogP contribution in [0.2, 0.25) is 5.02 Å². The number of hydrazone groups is 1. The van der Waals surface area contributed by atoms with Crippen molar-refractivity contribution in [3.8, 4) is 11.5 Å². The molecule has 0 saturated heterocycles. The van der Waals surface area contributed by atoms with E-state index in [1.807, 2.05) is 60.7 Å². The molecule has 0 spiro atoms. The third kappa shape index (κ3) is 4.89. The van der Waals surface area contributed by atoms with Gasteiger partial charge >= 0.3 is 6.18 Å². The molecule has 1 aliphatic rings. The second-order valence-corrected chi connectivity index (χ2v) is 8.04. The van der Waals surface area contributed by atoms with Crippen molar-refractivity contribution in [1.82, 2.24) is 0 Å². The Kier molecular flexibility index (Phi) is 6.84. The number of methoxy groups -OCH3 is 2. The first kappa shape index (κ1) is 23.7. The van der Waals surface area contributed by atoms with Crippen molar-refractivity contribution in [3.05, 3.63) is 94.5 Å². The molecule has 3 aromatic rings. The van der Waals surface area contributed by atoms with Crippen molar-refractivity contribution in [3.63, 3.8) is 0 Å². The second-order valence-electron chi connectivity index (χ2n) is 7.64. The number of benzene rings is 3. The minimum atomic E-state index is -4.50. The maximum absolute atomic E-state index is 13.4. The molecular weight excluding hydrogens is 465 g/mol. The zero-order valence-corrected chi connectivity index (χ0v) is 19.3. The largest absolute Gasteiger partial charge is 0.496 e. The van der Waals surface area contributed by atoms with E-state index < -0.39 is 17.8 Å². The minimum absolute atomic E-state index is 0.173. The van der Waals surface area contributed by atoms with Crippen molar-refractivity contribution in [2.24, 2.45) is 5.10 Å². The molecule has 4 rings (SSSR count). The fourth-order valence-electron chi connectivity index (χ4n) is 3.89. The molecule has 0 radical (unpaired) electrons. The molecule has 0 N–H and O–H groups in total. The minimum Gasteiger partial charge on any atom is -0.496 e. The molecule has 4 nitrogen and oxygen atoms in total. The highest BCUT2D eigenvalue weighted by Crippen LogP contribution is 2.43. The van der Waals surface area contributed by atoms with Crippen LogP contribution in [0.4, 0.5) is 18.9 Å². The Hall–Kier alpha value is -3.45. The van der Waals surface area contributed by atoms with Crippen LogP contribution in [-0.2, 0) is 6.18 Å². The summed E-state index contributed by atoms with van der Waals surface area (Å²) in [5, 5.41) is 6.37. The first-order chi connectivity index (χ1) is 16.3. The molecule has 0 aliphatic carbocycles. The van der Waals surface area contributed by atoms with E-state index >= 15 is 0 Å². The van der Waals surface area contributed by atoms with Gasteiger partial charge in [0.05, 0.1) is 42.2 Å². The van der Waals surface area contributed by atoms with Gasteiger partial charge in [-0.1, -0.05) is 48.0 Å². The van der Waals surface area contributed by atoms with Gasteiger partial charge in [0.15, 0.2) is 0 Å². The van der Waals surface area contributed by atoms with E-state index in [1.165, 1.54) is 11.1 Å². The van der Waals surface area contributed by atoms with Gasteiger partial charge in [0.1, 0.15) is 11.5 Å². The average Bonchev–Trinajstić information content (AvgIpc) is 3.26. The molecule has 0 saturated carbocycles. The molecule has 1 unspecified atom stereocenters. The van der Waals surface area contributed by atoms with Crippen molar-refractivity contribution < 1.29 is 22.6 Å². The van der Waals surface area contributed by atoms with Crippen LogP contribution >= 0.6 is 11.6 Å². The van der Waals surface area contributed by atoms with Gasteiger partial charge in [0, 0.05) is 17.5 Å². The van der Waals surface area contributed by atoms with Gasteiger partial charge in [-0.3, -0.25) is 5.01 Å². The second kappa shape index (κ2) is 9.81. The smallest absolute Gasteiger partial charge is 0.416 e. The summed E-state index contributed by atoms with van der Waals surface area (Å²) in [6, 6.07) is 17.7. The van der Waals surface area contributed by atoms with E-state index in [9.17, 15) is 13.2 Å². The lowest BCUT2D eigenvalue weighted by atomic mass is 9.99. The molecule has 0 amide bonds. The summed E-state index contributed by atoms with van der Waals surface area (Å²) in [7, 11) is 3.15. The quantitative estimate of drug-likeness (QED) is 0.364. The molecule has 1 aliphatic heterocycles. The van der Waals surface area contributed by atoms with E-state index in [0.29, 0.717) is 23.6 Å². The molecule has 0 fully saturated rings. The van der Waals surface area contributed by atoms with Crippen molar-refractivity contribution in [1.29, 1.82) is 0 Å². The topological polar surface area (TPSA) is 34.1 Å². The van der Waals surface area contributed by atoms with Crippen LogP contribution in [0.1, 0.15) is 29.2 Å². The zero-order valence-electron chi connectivity index (χ0n) is 18.5. The fraction of sp³-hybridized carbons (Fsp3) is 0.192. The first-order valence-electron chi connectivity index (χ1n) is 10.5. The molecule has 34 heavy (non-hydrogen) atoms. The molecule has 1 heterocycles. The highest BCUT2D eigenvalue weighted by atomic mass is 35.5. The summed E-state index contributed by atoms with van der Waals surface area (Å²) in [6.07, 6.45) is -0.357. The average molecular weight is 487 g/mol. The van der Waals surface area contributed by atoms with Crippen molar-refractivity contribution in [2.75, 3.05) is 19.2 Å². The van der Waals surface area contributed by atoms with Gasteiger partial charge in [-0.25, -0.2) is 0 Å². The Bertz CT molecular complexity index is 1240. The zero-order chi connectivity index (χ0) is 24.3. The van der Waals surface area contributed by atoms with E-state index in [1.54, 1.807) is 14.2 Å². The SMILES string of the molecule is COc1ccccc1C=CC1=NN(c2cc(C(F)(F)F)ccc2Cl)C(c2ccccc2OC)C1. The van der Waals surface area contributed by atoms with Crippen molar-refractivity contribution in [2.45, 2.75) is 18.6 Å². The van der Waals surface area contributed by atoms with E-state index in [0.717, 1.165) is 23.3 Å². The molecule has 176 valence electrons. The van der Waals surface area contributed by atoms with Gasteiger partial charge in [-0.15, -0.1) is 0 Å². The Labute approximate surface area is 200 Å². The van der Waals surface area contributed by atoms with Crippen LogP contribution in [0.25, 0.3) is 6.08 Å². The predicted octanol–water partition coefficient (Wildman–Crippen LogP) is 7.40. The monoisotopic (exact) mass is 486 g/mol. The molecule has 1 atom stereocenters. The van der Waals surface area contributed by atoms with E-state index in [-0.39, 0.29) is 10.7 Å². The number of nitrogens with zero attached hydrogens (tertiary/aromatic N) is 2. The lowest BCUT2D eigenvalue weighted by Gasteiger charge is -2.26. The fourth-order valence-corrected chi connectivity index (χ4v) is 4.10. The highest BCUT2D eigenvalue weighted by Gasteiger charge is 2.35. The molecular formula is C26H22ClF3N2O2.